The standard InChI is InChI=1S/C17H12O2S/c1-11-2-7-14-15(10-20-16(14)8-11)17(19)13-5-3-12(9-18)4-6-13/h2-10H,1H3. The molecule has 0 amide bonds. The minimum Gasteiger partial charge on any atom is -0.298 e. The van der Waals surface area contributed by atoms with Gasteiger partial charge in [-0.1, -0.05) is 36.4 Å². The number of benzene rings is 2. The molecule has 0 spiro atoms. The lowest BCUT2D eigenvalue weighted by molar-refractivity contribution is 0.103. The topological polar surface area (TPSA) is 34.1 Å². The lowest BCUT2D eigenvalue weighted by atomic mass is 10.0. The number of ketones is 1. The van der Waals surface area contributed by atoms with Crippen molar-refractivity contribution in [3.63, 3.8) is 0 Å². The van der Waals surface area contributed by atoms with Gasteiger partial charge in [0.15, 0.2) is 5.78 Å². The van der Waals surface area contributed by atoms with E-state index in [1.54, 1.807) is 35.6 Å². The van der Waals surface area contributed by atoms with E-state index >= 15 is 0 Å². The molecular weight excluding hydrogens is 268 g/mol. The molecule has 0 unspecified atom stereocenters. The maximum atomic E-state index is 12.5. The van der Waals surface area contributed by atoms with Gasteiger partial charge >= 0.3 is 0 Å². The molecule has 3 aromatic rings. The zero-order chi connectivity index (χ0) is 14.1. The molecule has 0 N–H and O–H groups in total. The number of aldehydes is 1. The Morgan fingerprint density at radius 2 is 1.85 bits per heavy atom. The van der Waals surface area contributed by atoms with E-state index in [9.17, 15) is 9.59 Å². The Labute approximate surface area is 120 Å². The van der Waals surface area contributed by atoms with Gasteiger partial charge in [0.2, 0.25) is 0 Å². The fraction of sp³-hybridized carbons (Fsp3) is 0.0588. The predicted octanol–water partition coefficient (Wildman–Crippen LogP) is 4.25. The first-order chi connectivity index (χ1) is 9.69. The lowest BCUT2D eigenvalue weighted by Gasteiger charge is -2.01. The second-order valence-corrected chi connectivity index (χ2v) is 5.63. The molecule has 0 atom stereocenters. The number of hydrogen-bond donors (Lipinski definition) is 0. The molecule has 3 rings (SSSR count). The number of thiophene rings is 1. The monoisotopic (exact) mass is 280 g/mol. The van der Waals surface area contributed by atoms with Crippen LogP contribution in [0.4, 0.5) is 0 Å². The van der Waals surface area contributed by atoms with Crippen LogP contribution in [0.1, 0.15) is 31.8 Å². The third-order valence-corrected chi connectivity index (χ3v) is 4.23. The average Bonchev–Trinajstić information content (AvgIpc) is 2.89. The van der Waals surface area contributed by atoms with Gasteiger partial charge in [0.05, 0.1) is 0 Å². The van der Waals surface area contributed by atoms with Crippen LogP contribution in [-0.4, -0.2) is 12.1 Å². The van der Waals surface area contributed by atoms with Gasteiger partial charge in [0.1, 0.15) is 6.29 Å². The summed E-state index contributed by atoms with van der Waals surface area (Å²) >= 11 is 1.58. The van der Waals surface area contributed by atoms with Gasteiger partial charge in [-0.15, -0.1) is 11.3 Å². The number of aryl methyl sites for hydroxylation is 1. The average molecular weight is 280 g/mol. The van der Waals surface area contributed by atoms with Crippen LogP contribution in [0.15, 0.2) is 47.8 Å². The van der Waals surface area contributed by atoms with Crippen molar-refractivity contribution in [3.05, 3.63) is 70.1 Å². The molecule has 0 aliphatic heterocycles. The number of carbonyl (C=O) groups excluding carboxylic acids is 2. The maximum absolute atomic E-state index is 12.5. The molecule has 0 fully saturated rings. The molecule has 98 valence electrons. The maximum Gasteiger partial charge on any atom is 0.194 e. The van der Waals surface area contributed by atoms with Gasteiger partial charge in [-0.3, -0.25) is 9.59 Å². The van der Waals surface area contributed by atoms with Crippen LogP contribution in [0.25, 0.3) is 10.1 Å². The summed E-state index contributed by atoms with van der Waals surface area (Å²) in [5.74, 6) is -0.00227. The Kier molecular flexibility index (Phi) is 3.20. The van der Waals surface area contributed by atoms with Crippen LogP contribution in [0, 0.1) is 6.92 Å². The van der Waals surface area contributed by atoms with Gasteiger partial charge in [-0.2, -0.15) is 0 Å². The smallest absolute Gasteiger partial charge is 0.194 e. The van der Waals surface area contributed by atoms with E-state index in [2.05, 4.69) is 6.07 Å². The molecule has 0 aliphatic carbocycles. The molecule has 0 saturated carbocycles. The highest BCUT2D eigenvalue weighted by Crippen LogP contribution is 2.28. The van der Waals surface area contributed by atoms with Crippen LogP contribution >= 0.6 is 11.3 Å². The van der Waals surface area contributed by atoms with Crippen molar-refractivity contribution in [2.24, 2.45) is 0 Å². The van der Waals surface area contributed by atoms with Crippen molar-refractivity contribution < 1.29 is 9.59 Å². The number of carbonyl (C=O) groups is 2. The summed E-state index contributed by atoms with van der Waals surface area (Å²) < 4.78 is 1.12. The van der Waals surface area contributed by atoms with Crippen LogP contribution in [0.3, 0.4) is 0 Å². The molecule has 1 heterocycles. The Morgan fingerprint density at radius 3 is 2.55 bits per heavy atom. The van der Waals surface area contributed by atoms with Crippen molar-refractivity contribution >= 4 is 33.5 Å². The summed E-state index contributed by atoms with van der Waals surface area (Å²) in [5.41, 5.74) is 3.10. The largest absolute Gasteiger partial charge is 0.298 e. The number of fused-ring (bicyclic) bond motifs is 1. The Hall–Kier alpha value is -2.26. The highest BCUT2D eigenvalue weighted by Gasteiger charge is 2.14. The Bertz CT molecular complexity index is 797. The van der Waals surface area contributed by atoms with Crippen LogP contribution < -0.4 is 0 Å². The van der Waals surface area contributed by atoms with E-state index in [0.717, 1.165) is 21.9 Å². The molecular formula is C17H12O2S. The van der Waals surface area contributed by atoms with Crippen LogP contribution in [0.2, 0.25) is 0 Å². The molecule has 20 heavy (non-hydrogen) atoms. The van der Waals surface area contributed by atoms with E-state index in [1.165, 1.54) is 5.56 Å². The summed E-state index contributed by atoms with van der Waals surface area (Å²) in [6.07, 6.45) is 0.775. The number of hydrogen-bond acceptors (Lipinski definition) is 3. The first-order valence-corrected chi connectivity index (χ1v) is 7.15. The normalized spacial score (nSPS) is 10.7. The third-order valence-electron chi connectivity index (χ3n) is 3.28. The summed E-state index contributed by atoms with van der Waals surface area (Å²) in [5, 5.41) is 2.89. The molecule has 0 aliphatic rings. The molecule has 0 radical (unpaired) electrons. The first kappa shape index (κ1) is 12.8. The van der Waals surface area contributed by atoms with Gasteiger partial charge < -0.3 is 0 Å². The second-order valence-electron chi connectivity index (χ2n) is 4.72. The SMILES string of the molecule is Cc1ccc2c(C(=O)c3ccc(C=O)cc3)csc2c1. The first-order valence-electron chi connectivity index (χ1n) is 6.27. The molecule has 2 aromatic carbocycles. The molecule has 0 saturated heterocycles. The zero-order valence-corrected chi connectivity index (χ0v) is 11.7. The van der Waals surface area contributed by atoms with E-state index in [4.69, 9.17) is 0 Å². The van der Waals surface area contributed by atoms with Gasteiger partial charge in [0.25, 0.3) is 0 Å². The highest BCUT2D eigenvalue weighted by molar-refractivity contribution is 7.17. The summed E-state index contributed by atoms with van der Waals surface area (Å²) in [6.45, 7) is 2.04. The summed E-state index contributed by atoms with van der Waals surface area (Å²) in [7, 11) is 0. The van der Waals surface area contributed by atoms with Crippen molar-refractivity contribution in [3.8, 4) is 0 Å². The highest BCUT2D eigenvalue weighted by atomic mass is 32.1. The molecule has 3 heteroatoms. The van der Waals surface area contributed by atoms with Crippen molar-refractivity contribution in [2.75, 3.05) is 0 Å². The molecule has 1 aromatic heterocycles. The van der Waals surface area contributed by atoms with Crippen molar-refractivity contribution in [1.82, 2.24) is 0 Å². The van der Waals surface area contributed by atoms with E-state index in [1.807, 2.05) is 24.4 Å². The van der Waals surface area contributed by atoms with E-state index in [0.29, 0.717) is 11.1 Å². The quantitative estimate of drug-likeness (QED) is 0.531. The fourth-order valence-electron chi connectivity index (χ4n) is 2.18. The second kappa shape index (κ2) is 5.02. The third kappa shape index (κ3) is 2.17. The summed E-state index contributed by atoms with van der Waals surface area (Å²) in [4.78, 5) is 23.2. The van der Waals surface area contributed by atoms with Gasteiger partial charge in [-0.25, -0.2) is 0 Å². The van der Waals surface area contributed by atoms with Crippen LogP contribution in [0.5, 0.6) is 0 Å². The minimum atomic E-state index is -0.00227. The zero-order valence-electron chi connectivity index (χ0n) is 10.9. The van der Waals surface area contributed by atoms with Gasteiger partial charge in [-0.05, 0) is 18.6 Å². The molecule has 0 bridgehead atoms. The van der Waals surface area contributed by atoms with Gasteiger partial charge in [0, 0.05) is 32.2 Å². The lowest BCUT2D eigenvalue weighted by Crippen LogP contribution is -2.00. The van der Waals surface area contributed by atoms with E-state index < -0.39 is 0 Å². The Morgan fingerprint density at radius 1 is 1.10 bits per heavy atom. The number of rotatable bonds is 3. The Balaban J connectivity index is 2.05. The van der Waals surface area contributed by atoms with Crippen molar-refractivity contribution in [2.45, 2.75) is 6.92 Å². The summed E-state index contributed by atoms with van der Waals surface area (Å²) in [6, 6.07) is 12.8. The fourth-order valence-corrected chi connectivity index (χ4v) is 3.22. The van der Waals surface area contributed by atoms with Crippen LogP contribution in [-0.2, 0) is 0 Å². The predicted molar refractivity (Wildman–Crippen MR) is 81.8 cm³/mol. The van der Waals surface area contributed by atoms with Crippen molar-refractivity contribution in [1.29, 1.82) is 0 Å². The molecule has 2 nitrogen and oxygen atoms in total. The van der Waals surface area contributed by atoms with E-state index in [-0.39, 0.29) is 5.78 Å². The minimum absolute atomic E-state index is 0.00227.